The Balaban J connectivity index is 1.31. The first-order valence-electron chi connectivity index (χ1n) is 11.3. The maximum absolute atomic E-state index is 12.7. The van der Waals surface area contributed by atoms with Gasteiger partial charge in [0.1, 0.15) is 5.75 Å². The second-order valence-corrected chi connectivity index (χ2v) is 8.82. The summed E-state index contributed by atoms with van der Waals surface area (Å²) >= 11 is 6.54. The van der Waals surface area contributed by atoms with E-state index in [-0.39, 0.29) is 18.4 Å². The highest BCUT2D eigenvalue weighted by Crippen LogP contribution is 2.30. The normalized spacial score (nSPS) is 13.5. The fourth-order valence-corrected chi connectivity index (χ4v) is 4.36. The van der Waals surface area contributed by atoms with Crippen molar-refractivity contribution in [3.63, 3.8) is 0 Å². The number of rotatable bonds is 6. The molecule has 0 aliphatic carbocycles. The molecule has 0 aromatic heterocycles. The molecule has 6 nitrogen and oxygen atoms in total. The highest BCUT2D eigenvalue weighted by atomic mass is 35.5. The van der Waals surface area contributed by atoms with Crippen molar-refractivity contribution < 1.29 is 14.3 Å². The Morgan fingerprint density at radius 1 is 0.941 bits per heavy atom. The molecule has 1 aliphatic heterocycles. The summed E-state index contributed by atoms with van der Waals surface area (Å²) in [5, 5.41) is 3.39. The van der Waals surface area contributed by atoms with Crippen LogP contribution in [-0.2, 0) is 4.79 Å². The highest BCUT2D eigenvalue weighted by Gasteiger charge is 2.23. The molecule has 0 radical (unpaired) electrons. The van der Waals surface area contributed by atoms with Crippen LogP contribution in [0.5, 0.6) is 5.75 Å². The standard InChI is InChI=1S/C27H28ClN3O3/c1-19-8-11-25(20(2)16-19)34-18-26(32)29-22-9-10-24(23(28)17-22)30-12-14-31(15-13-30)27(33)21-6-4-3-5-7-21/h3-11,16-17H,12-15,18H2,1-2H3,(H,29,32). The lowest BCUT2D eigenvalue weighted by Gasteiger charge is -2.36. The molecule has 176 valence electrons. The SMILES string of the molecule is Cc1ccc(OCC(=O)Nc2ccc(N3CCN(C(=O)c4ccccc4)CC3)c(Cl)c2)c(C)c1. The van der Waals surface area contributed by atoms with Gasteiger partial charge in [-0.05, 0) is 55.8 Å². The third-order valence-electron chi connectivity index (χ3n) is 5.85. The first-order chi connectivity index (χ1) is 16.4. The van der Waals surface area contributed by atoms with Crippen LogP contribution in [0.25, 0.3) is 0 Å². The maximum atomic E-state index is 12.7. The molecule has 2 amide bonds. The van der Waals surface area contributed by atoms with Crippen molar-refractivity contribution in [1.82, 2.24) is 4.90 Å². The Bertz CT molecular complexity index is 1170. The average molecular weight is 478 g/mol. The van der Waals surface area contributed by atoms with Crippen LogP contribution in [0, 0.1) is 13.8 Å². The van der Waals surface area contributed by atoms with E-state index in [0.717, 1.165) is 16.8 Å². The molecule has 7 heteroatoms. The molecule has 1 fully saturated rings. The Morgan fingerprint density at radius 2 is 1.68 bits per heavy atom. The van der Waals surface area contributed by atoms with Crippen molar-refractivity contribution in [1.29, 1.82) is 0 Å². The number of carbonyl (C=O) groups excluding carboxylic acids is 2. The van der Waals surface area contributed by atoms with Gasteiger partial charge >= 0.3 is 0 Å². The van der Waals surface area contributed by atoms with Gasteiger partial charge in [-0.2, -0.15) is 0 Å². The van der Waals surface area contributed by atoms with E-state index < -0.39 is 0 Å². The highest BCUT2D eigenvalue weighted by molar-refractivity contribution is 6.33. The predicted molar refractivity (Wildman–Crippen MR) is 136 cm³/mol. The number of benzene rings is 3. The number of anilines is 2. The van der Waals surface area contributed by atoms with Crippen molar-refractivity contribution in [3.8, 4) is 5.75 Å². The van der Waals surface area contributed by atoms with Crippen LogP contribution < -0.4 is 15.0 Å². The minimum atomic E-state index is -0.253. The minimum absolute atomic E-state index is 0.0486. The fourth-order valence-electron chi connectivity index (χ4n) is 4.06. The largest absolute Gasteiger partial charge is 0.483 e. The number of carbonyl (C=O) groups is 2. The molecule has 1 saturated heterocycles. The summed E-state index contributed by atoms with van der Waals surface area (Å²) in [6, 6.07) is 20.6. The van der Waals surface area contributed by atoms with Crippen molar-refractivity contribution in [2.75, 3.05) is 43.0 Å². The van der Waals surface area contributed by atoms with E-state index in [4.69, 9.17) is 16.3 Å². The summed E-state index contributed by atoms with van der Waals surface area (Å²) < 4.78 is 5.65. The van der Waals surface area contributed by atoms with Crippen LogP contribution in [0.2, 0.25) is 5.02 Å². The predicted octanol–water partition coefficient (Wildman–Crippen LogP) is 4.94. The lowest BCUT2D eigenvalue weighted by Crippen LogP contribution is -2.48. The van der Waals surface area contributed by atoms with Gasteiger partial charge in [-0.3, -0.25) is 9.59 Å². The zero-order chi connectivity index (χ0) is 24.1. The summed E-state index contributed by atoms with van der Waals surface area (Å²) in [5.74, 6) is 0.489. The third-order valence-corrected chi connectivity index (χ3v) is 6.15. The van der Waals surface area contributed by atoms with Gasteiger partial charge in [0.2, 0.25) is 0 Å². The molecule has 34 heavy (non-hydrogen) atoms. The molecule has 1 heterocycles. The van der Waals surface area contributed by atoms with Crippen LogP contribution in [-0.4, -0.2) is 49.5 Å². The van der Waals surface area contributed by atoms with E-state index in [1.54, 1.807) is 6.07 Å². The number of piperazine rings is 1. The van der Waals surface area contributed by atoms with Crippen molar-refractivity contribution in [2.45, 2.75) is 13.8 Å². The van der Waals surface area contributed by atoms with E-state index in [0.29, 0.717) is 48.2 Å². The maximum Gasteiger partial charge on any atom is 0.262 e. The fraction of sp³-hybridized carbons (Fsp3) is 0.259. The average Bonchev–Trinajstić information content (AvgIpc) is 2.84. The lowest BCUT2D eigenvalue weighted by molar-refractivity contribution is -0.118. The summed E-state index contributed by atoms with van der Waals surface area (Å²) in [5.41, 5.74) is 4.34. The number of halogens is 1. The van der Waals surface area contributed by atoms with Crippen molar-refractivity contribution in [3.05, 3.63) is 88.4 Å². The van der Waals surface area contributed by atoms with Crippen LogP contribution in [0.1, 0.15) is 21.5 Å². The van der Waals surface area contributed by atoms with Gasteiger partial charge in [0.15, 0.2) is 6.61 Å². The summed E-state index contributed by atoms with van der Waals surface area (Å²) in [4.78, 5) is 29.0. The first-order valence-corrected chi connectivity index (χ1v) is 11.7. The van der Waals surface area contributed by atoms with Gasteiger partial charge in [-0.15, -0.1) is 0 Å². The van der Waals surface area contributed by atoms with Crippen LogP contribution >= 0.6 is 11.6 Å². The van der Waals surface area contributed by atoms with E-state index in [1.807, 2.05) is 79.4 Å². The van der Waals surface area contributed by atoms with E-state index in [9.17, 15) is 9.59 Å². The van der Waals surface area contributed by atoms with E-state index in [1.165, 1.54) is 0 Å². The number of nitrogens with zero attached hydrogens (tertiary/aromatic N) is 2. The summed E-state index contributed by atoms with van der Waals surface area (Å²) in [6.07, 6.45) is 0. The Morgan fingerprint density at radius 3 is 2.35 bits per heavy atom. The Labute approximate surface area is 205 Å². The summed E-state index contributed by atoms with van der Waals surface area (Å²) in [7, 11) is 0. The topological polar surface area (TPSA) is 61.9 Å². The van der Waals surface area contributed by atoms with Gasteiger partial charge in [-0.1, -0.05) is 47.5 Å². The van der Waals surface area contributed by atoms with Crippen LogP contribution in [0.15, 0.2) is 66.7 Å². The second kappa shape index (κ2) is 10.6. The number of amides is 2. The lowest BCUT2D eigenvalue weighted by atomic mass is 10.1. The molecule has 0 unspecified atom stereocenters. The van der Waals surface area contributed by atoms with Gasteiger partial charge in [0.05, 0.1) is 10.7 Å². The molecule has 0 saturated carbocycles. The molecule has 0 bridgehead atoms. The second-order valence-electron chi connectivity index (χ2n) is 8.42. The third kappa shape index (κ3) is 5.69. The zero-order valence-corrected chi connectivity index (χ0v) is 20.1. The van der Waals surface area contributed by atoms with Crippen LogP contribution in [0.3, 0.4) is 0 Å². The van der Waals surface area contributed by atoms with Crippen LogP contribution in [0.4, 0.5) is 11.4 Å². The van der Waals surface area contributed by atoms with E-state index in [2.05, 4.69) is 10.2 Å². The monoisotopic (exact) mass is 477 g/mol. The molecular formula is C27H28ClN3O3. The molecule has 0 atom stereocenters. The number of nitrogens with one attached hydrogen (secondary N) is 1. The smallest absolute Gasteiger partial charge is 0.262 e. The number of aryl methyl sites for hydroxylation is 2. The first kappa shape index (κ1) is 23.6. The summed E-state index contributed by atoms with van der Waals surface area (Å²) in [6.45, 7) is 6.51. The van der Waals surface area contributed by atoms with Crippen molar-refractivity contribution >= 4 is 34.8 Å². The molecule has 4 rings (SSSR count). The molecule has 1 N–H and O–H groups in total. The minimum Gasteiger partial charge on any atom is -0.483 e. The van der Waals surface area contributed by atoms with Gasteiger partial charge in [0, 0.05) is 37.4 Å². The molecule has 3 aromatic carbocycles. The van der Waals surface area contributed by atoms with Gasteiger partial charge in [-0.25, -0.2) is 0 Å². The molecule has 3 aromatic rings. The van der Waals surface area contributed by atoms with Crippen molar-refractivity contribution in [2.24, 2.45) is 0 Å². The Hall–Kier alpha value is -3.51. The van der Waals surface area contributed by atoms with Gasteiger partial charge in [0.25, 0.3) is 11.8 Å². The number of hydrogen-bond donors (Lipinski definition) is 1. The quantitative estimate of drug-likeness (QED) is 0.546. The Kier molecular flexibility index (Phi) is 7.38. The molecule has 0 spiro atoms. The molecule has 1 aliphatic rings. The molecular weight excluding hydrogens is 450 g/mol. The number of ether oxygens (including phenoxy) is 1. The van der Waals surface area contributed by atoms with E-state index >= 15 is 0 Å². The zero-order valence-electron chi connectivity index (χ0n) is 19.4. The van der Waals surface area contributed by atoms with Gasteiger partial charge < -0.3 is 19.9 Å². The number of hydrogen-bond acceptors (Lipinski definition) is 4.